The Morgan fingerprint density at radius 3 is 3.07 bits per heavy atom. The molecule has 0 saturated heterocycles. The Kier molecular flexibility index (Phi) is 4.37. The quantitative estimate of drug-likeness (QED) is 0.466. The molecule has 1 aromatic rings. The van der Waals surface area contributed by atoms with Crippen LogP contribution in [0.5, 0.6) is 0 Å². The number of Topliss-reactive ketones (excluding diaryl/α,β-unsaturated/α-hetero) is 1. The number of thiophene rings is 1. The second-order valence-electron chi connectivity index (χ2n) is 2.87. The molecule has 14 heavy (non-hydrogen) atoms. The molecule has 0 radical (unpaired) electrons. The second-order valence-corrected chi connectivity index (χ2v) is 3.79. The topological polar surface area (TPSA) is 29.1 Å². The lowest BCUT2D eigenvalue weighted by atomic mass is 10.2. The molecule has 0 unspecified atom stereocenters. The van der Waals surface area contributed by atoms with Gasteiger partial charge in [0.15, 0.2) is 5.78 Å². The molecule has 0 aromatic carbocycles. The van der Waals surface area contributed by atoms with Gasteiger partial charge in [-0.2, -0.15) is 0 Å². The third-order valence-electron chi connectivity index (χ3n) is 1.71. The van der Waals surface area contributed by atoms with Gasteiger partial charge in [0.2, 0.25) is 0 Å². The summed E-state index contributed by atoms with van der Waals surface area (Å²) >= 11 is 1.45. The fraction of sp³-hybridized carbons (Fsp3) is 0.364. The van der Waals surface area contributed by atoms with Crippen molar-refractivity contribution in [3.8, 4) is 11.8 Å². The van der Waals surface area contributed by atoms with E-state index in [1.54, 1.807) is 6.92 Å². The Balaban J connectivity index is 2.69. The smallest absolute Gasteiger partial charge is 0.170 e. The maximum Gasteiger partial charge on any atom is 0.170 e. The second kappa shape index (κ2) is 5.58. The van der Waals surface area contributed by atoms with Crippen LogP contribution < -0.4 is 5.32 Å². The minimum absolute atomic E-state index is 0.0953. The zero-order valence-electron chi connectivity index (χ0n) is 8.39. The summed E-state index contributed by atoms with van der Waals surface area (Å²) in [5.74, 6) is 6.13. The van der Waals surface area contributed by atoms with Gasteiger partial charge in [-0.25, -0.2) is 0 Å². The molecule has 1 N–H and O–H groups in total. The fourth-order valence-electron chi connectivity index (χ4n) is 1.03. The van der Waals surface area contributed by atoms with E-state index in [1.807, 2.05) is 18.5 Å². The molecular formula is C11H13NOS. The van der Waals surface area contributed by atoms with Gasteiger partial charge < -0.3 is 5.32 Å². The standard InChI is InChI=1S/C11H13NOS/c1-9(13)11-10(6-8-14-11)5-3-4-7-12-2/h6,8,12H,4,7H2,1-2H3. The first kappa shape index (κ1) is 11.0. The number of carbonyl (C=O) groups is 1. The Labute approximate surface area is 88.3 Å². The molecule has 0 aliphatic heterocycles. The molecular weight excluding hydrogens is 194 g/mol. The van der Waals surface area contributed by atoms with E-state index in [0.29, 0.717) is 0 Å². The molecule has 1 heterocycles. The van der Waals surface area contributed by atoms with E-state index in [0.717, 1.165) is 23.4 Å². The minimum Gasteiger partial charge on any atom is -0.319 e. The number of hydrogen-bond donors (Lipinski definition) is 1. The largest absolute Gasteiger partial charge is 0.319 e. The van der Waals surface area contributed by atoms with Gasteiger partial charge >= 0.3 is 0 Å². The van der Waals surface area contributed by atoms with Gasteiger partial charge in [0.25, 0.3) is 0 Å². The lowest BCUT2D eigenvalue weighted by molar-refractivity contribution is 0.102. The molecule has 0 aliphatic rings. The van der Waals surface area contributed by atoms with Crippen LogP contribution in [0.1, 0.15) is 28.6 Å². The molecule has 2 nitrogen and oxygen atoms in total. The molecule has 0 spiro atoms. The van der Waals surface area contributed by atoms with Gasteiger partial charge in [-0.05, 0) is 25.4 Å². The van der Waals surface area contributed by atoms with Crippen molar-refractivity contribution < 1.29 is 4.79 Å². The first-order valence-electron chi connectivity index (χ1n) is 4.47. The summed E-state index contributed by atoms with van der Waals surface area (Å²) in [5.41, 5.74) is 0.860. The van der Waals surface area contributed by atoms with Crippen molar-refractivity contribution >= 4 is 17.1 Å². The lowest BCUT2D eigenvalue weighted by Gasteiger charge is -1.90. The van der Waals surface area contributed by atoms with Crippen LogP contribution >= 0.6 is 11.3 Å². The van der Waals surface area contributed by atoms with Crippen molar-refractivity contribution in [3.05, 3.63) is 21.9 Å². The van der Waals surface area contributed by atoms with E-state index >= 15 is 0 Å². The molecule has 1 aromatic heterocycles. The first-order chi connectivity index (χ1) is 6.75. The highest BCUT2D eigenvalue weighted by molar-refractivity contribution is 7.12. The fourth-order valence-corrected chi connectivity index (χ4v) is 1.78. The van der Waals surface area contributed by atoms with Gasteiger partial charge in [-0.3, -0.25) is 4.79 Å². The Morgan fingerprint density at radius 1 is 1.64 bits per heavy atom. The van der Waals surface area contributed by atoms with Gasteiger partial charge in [-0.15, -0.1) is 11.3 Å². The van der Waals surface area contributed by atoms with Crippen molar-refractivity contribution in [1.29, 1.82) is 0 Å². The average molecular weight is 207 g/mol. The maximum absolute atomic E-state index is 11.1. The van der Waals surface area contributed by atoms with Crippen LogP contribution in [0.2, 0.25) is 0 Å². The molecule has 0 aliphatic carbocycles. The summed E-state index contributed by atoms with van der Waals surface area (Å²) < 4.78 is 0. The molecule has 0 atom stereocenters. The zero-order chi connectivity index (χ0) is 10.4. The molecule has 1 rings (SSSR count). The molecule has 74 valence electrons. The summed E-state index contributed by atoms with van der Waals surface area (Å²) in [6, 6.07) is 1.90. The Morgan fingerprint density at radius 2 is 2.43 bits per heavy atom. The molecule has 0 bridgehead atoms. The summed E-state index contributed by atoms with van der Waals surface area (Å²) in [6.07, 6.45) is 0.809. The van der Waals surface area contributed by atoms with E-state index < -0.39 is 0 Å². The van der Waals surface area contributed by atoms with Gasteiger partial charge in [0.05, 0.1) is 4.88 Å². The van der Waals surface area contributed by atoms with E-state index in [1.165, 1.54) is 11.3 Å². The van der Waals surface area contributed by atoms with Crippen LogP contribution in [0.4, 0.5) is 0 Å². The molecule has 0 amide bonds. The van der Waals surface area contributed by atoms with Crippen LogP contribution in [0.3, 0.4) is 0 Å². The predicted octanol–water partition coefficient (Wildman–Crippen LogP) is 1.91. The highest BCUT2D eigenvalue weighted by Gasteiger charge is 2.05. The normalized spacial score (nSPS) is 9.29. The van der Waals surface area contributed by atoms with Crippen LogP contribution in [-0.2, 0) is 0 Å². The van der Waals surface area contributed by atoms with E-state index in [4.69, 9.17) is 0 Å². The number of nitrogens with one attached hydrogen (secondary N) is 1. The summed E-state index contributed by atoms with van der Waals surface area (Å²) in [6.45, 7) is 2.46. The van der Waals surface area contributed by atoms with Gasteiger partial charge in [-0.1, -0.05) is 11.8 Å². The van der Waals surface area contributed by atoms with E-state index in [9.17, 15) is 4.79 Å². The minimum atomic E-state index is 0.0953. The SMILES string of the molecule is CNCCC#Cc1ccsc1C(C)=O. The van der Waals surface area contributed by atoms with Crippen LogP contribution in [0, 0.1) is 11.8 Å². The number of ketones is 1. The zero-order valence-corrected chi connectivity index (χ0v) is 9.20. The third kappa shape index (κ3) is 2.99. The van der Waals surface area contributed by atoms with Crippen molar-refractivity contribution in [1.82, 2.24) is 5.32 Å². The summed E-state index contributed by atoms with van der Waals surface area (Å²) in [7, 11) is 1.90. The number of rotatable bonds is 3. The van der Waals surface area contributed by atoms with Gasteiger partial charge in [0, 0.05) is 18.5 Å². The highest BCUT2D eigenvalue weighted by Crippen LogP contribution is 2.15. The van der Waals surface area contributed by atoms with Crippen molar-refractivity contribution in [2.75, 3.05) is 13.6 Å². The monoisotopic (exact) mass is 207 g/mol. The first-order valence-corrected chi connectivity index (χ1v) is 5.35. The van der Waals surface area contributed by atoms with Crippen molar-refractivity contribution in [3.63, 3.8) is 0 Å². The van der Waals surface area contributed by atoms with E-state index in [-0.39, 0.29) is 5.78 Å². The van der Waals surface area contributed by atoms with Crippen LogP contribution in [0.25, 0.3) is 0 Å². The van der Waals surface area contributed by atoms with E-state index in [2.05, 4.69) is 17.2 Å². The number of hydrogen-bond acceptors (Lipinski definition) is 3. The molecule has 3 heteroatoms. The summed E-state index contributed by atoms with van der Waals surface area (Å²) in [4.78, 5) is 11.9. The lowest BCUT2D eigenvalue weighted by Crippen LogP contribution is -2.05. The maximum atomic E-state index is 11.1. The summed E-state index contributed by atoms with van der Waals surface area (Å²) in [5, 5.41) is 4.92. The van der Waals surface area contributed by atoms with Gasteiger partial charge in [0.1, 0.15) is 0 Å². The molecule has 0 fully saturated rings. The van der Waals surface area contributed by atoms with Crippen LogP contribution in [-0.4, -0.2) is 19.4 Å². The number of carbonyl (C=O) groups excluding carboxylic acids is 1. The highest BCUT2D eigenvalue weighted by atomic mass is 32.1. The van der Waals surface area contributed by atoms with Crippen molar-refractivity contribution in [2.24, 2.45) is 0 Å². The van der Waals surface area contributed by atoms with Crippen molar-refractivity contribution in [2.45, 2.75) is 13.3 Å². The van der Waals surface area contributed by atoms with Crippen LogP contribution in [0.15, 0.2) is 11.4 Å². The Hall–Kier alpha value is -1.11. The molecule has 0 saturated carbocycles. The predicted molar refractivity (Wildman–Crippen MR) is 59.7 cm³/mol. The average Bonchev–Trinajstić information content (AvgIpc) is 2.60. The Bertz CT molecular complexity index is 370. The third-order valence-corrected chi connectivity index (χ3v) is 2.72.